The molecule has 6 nitrogen and oxygen atoms in total. The summed E-state index contributed by atoms with van der Waals surface area (Å²) in [6.07, 6.45) is 8.31. The highest BCUT2D eigenvalue weighted by Crippen LogP contribution is 2.35. The van der Waals surface area contributed by atoms with Gasteiger partial charge in [0.1, 0.15) is 11.4 Å². The third-order valence-corrected chi connectivity index (χ3v) is 6.69. The van der Waals surface area contributed by atoms with E-state index < -0.39 is 0 Å². The van der Waals surface area contributed by atoms with Gasteiger partial charge in [0.2, 0.25) is 5.91 Å². The van der Waals surface area contributed by atoms with E-state index in [0.717, 1.165) is 42.5 Å². The van der Waals surface area contributed by atoms with Gasteiger partial charge >= 0.3 is 0 Å². The van der Waals surface area contributed by atoms with E-state index in [1.807, 2.05) is 34.1 Å². The van der Waals surface area contributed by atoms with E-state index in [1.165, 1.54) is 18.4 Å². The summed E-state index contributed by atoms with van der Waals surface area (Å²) in [5.74, 6) is 0.940. The number of benzene rings is 1. The number of allylic oxidation sites excluding steroid dienone is 1. The van der Waals surface area contributed by atoms with Crippen LogP contribution in [0.25, 0.3) is 10.9 Å². The fourth-order valence-corrected chi connectivity index (χ4v) is 5.16. The van der Waals surface area contributed by atoms with Crippen molar-refractivity contribution >= 4 is 22.7 Å². The van der Waals surface area contributed by atoms with Gasteiger partial charge in [0.05, 0.1) is 19.2 Å². The maximum absolute atomic E-state index is 13.2. The largest absolute Gasteiger partial charge is 0.497 e. The number of carbonyl (C=O) groups is 2. The molecular formula is C23H27N3O3. The zero-order valence-electron chi connectivity index (χ0n) is 16.8. The van der Waals surface area contributed by atoms with E-state index in [9.17, 15) is 9.59 Å². The number of ether oxygens (including phenoxy) is 1. The summed E-state index contributed by atoms with van der Waals surface area (Å²) >= 11 is 0. The molecule has 1 aliphatic carbocycles. The summed E-state index contributed by atoms with van der Waals surface area (Å²) in [6.45, 7) is 1.45. The van der Waals surface area contributed by atoms with Gasteiger partial charge in [0, 0.05) is 30.4 Å². The van der Waals surface area contributed by atoms with Gasteiger partial charge < -0.3 is 19.5 Å². The van der Waals surface area contributed by atoms with Crippen molar-refractivity contribution in [1.29, 1.82) is 0 Å². The van der Waals surface area contributed by atoms with Gasteiger partial charge in [-0.05, 0) is 56.4 Å². The molecule has 1 N–H and O–H groups in total. The fourth-order valence-electron chi connectivity index (χ4n) is 5.16. The van der Waals surface area contributed by atoms with E-state index in [1.54, 1.807) is 7.11 Å². The molecule has 3 aliphatic rings. The summed E-state index contributed by atoms with van der Waals surface area (Å²) in [5.41, 5.74) is 2.88. The molecule has 2 aromatic rings. The number of amides is 2. The molecule has 1 aromatic heterocycles. The van der Waals surface area contributed by atoms with Crippen molar-refractivity contribution < 1.29 is 14.3 Å². The molecule has 5 rings (SSSR count). The smallest absolute Gasteiger partial charge is 0.270 e. The average Bonchev–Trinajstić information content (AvgIpc) is 3.42. The van der Waals surface area contributed by atoms with E-state index in [-0.39, 0.29) is 23.9 Å². The lowest BCUT2D eigenvalue weighted by Gasteiger charge is -2.27. The second kappa shape index (κ2) is 7.25. The van der Waals surface area contributed by atoms with Crippen LogP contribution >= 0.6 is 0 Å². The molecule has 2 saturated heterocycles. The van der Waals surface area contributed by atoms with E-state index in [0.29, 0.717) is 18.7 Å². The number of likely N-dealkylation sites (tertiary alicyclic amines) is 2. The van der Waals surface area contributed by atoms with Gasteiger partial charge in [-0.15, -0.1) is 0 Å². The van der Waals surface area contributed by atoms with Crippen LogP contribution in [0.3, 0.4) is 0 Å². The molecule has 2 atom stereocenters. The molecule has 2 fully saturated rings. The minimum atomic E-state index is -0.0146. The van der Waals surface area contributed by atoms with Gasteiger partial charge in [-0.25, -0.2) is 0 Å². The highest BCUT2D eigenvalue weighted by Gasteiger charge is 2.48. The van der Waals surface area contributed by atoms with Gasteiger partial charge in [0.25, 0.3) is 5.91 Å². The lowest BCUT2D eigenvalue weighted by atomic mass is 9.99. The van der Waals surface area contributed by atoms with E-state index >= 15 is 0 Å². The molecule has 0 unspecified atom stereocenters. The molecule has 29 heavy (non-hydrogen) atoms. The second-order valence-electron chi connectivity index (χ2n) is 8.39. The Morgan fingerprint density at radius 2 is 2.14 bits per heavy atom. The highest BCUT2D eigenvalue weighted by atomic mass is 16.5. The Morgan fingerprint density at radius 1 is 1.24 bits per heavy atom. The first-order valence-corrected chi connectivity index (χ1v) is 10.6. The van der Waals surface area contributed by atoms with Gasteiger partial charge in [-0.2, -0.15) is 0 Å². The summed E-state index contributed by atoms with van der Waals surface area (Å²) in [7, 11) is 1.64. The minimum absolute atomic E-state index is 0.0138. The van der Waals surface area contributed by atoms with Crippen molar-refractivity contribution in [2.24, 2.45) is 0 Å². The standard InChI is InChI=1S/C23H27N3O3/c1-29-17-7-8-18-16(11-17)12-19(24-18)23(28)25-10-9-20-21(25)13-22(27)26(20)14-15-5-3-2-4-6-15/h5,7-8,11-12,20-21,24H,2-4,6,9-10,13-14H2,1H3/t20-,21-/m0/s1. The van der Waals surface area contributed by atoms with Crippen molar-refractivity contribution in [1.82, 2.24) is 14.8 Å². The van der Waals surface area contributed by atoms with Crippen LogP contribution in [0, 0.1) is 0 Å². The van der Waals surface area contributed by atoms with Crippen molar-refractivity contribution in [2.75, 3.05) is 20.2 Å². The van der Waals surface area contributed by atoms with Gasteiger partial charge in [0.15, 0.2) is 0 Å². The monoisotopic (exact) mass is 393 g/mol. The van der Waals surface area contributed by atoms with Crippen molar-refractivity contribution in [2.45, 2.75) is 50.6 Å². The molecule has 3 heterocycles. The van der Waals surface area contributed by atoms with E-state index in [2.05, 4.69) is 11.1 Å². The maximum Gasteiger partial charge on any atom is 0.270 e. The van der Waals surface area contributed by atoms with E-state index in [4.69, 9.17) is 4.74 Å². The summed E-state index contributed by atoms with van der Waals surface area (Å²) in [5, 5.41) is 0.955. The summed E-state index contributed by atoms with van der Waals surface area (Å²) in [6, 6.07) is 7.75. The molecule has 0 spiro atoms. The van der Waals surface area contributed by atoms with Crippen LogP contribution in [0.4, 0.5) is 0 Å². The Hall–Kier alpha value is -2.76. The van der Waals surface area contributed by atoms with Crippen LogP contribution in [0.5, 0.6) is 5.75 Å². The molecule has 0 bridgehead atoms. The van der Waals surface area contributed by atoms with Crippen LogP contribution in [0.1, 0.15) is 49.0 Å². The Kier molecular flexibility index (Phi) is 4.57. The van der Waals surface area contributed by atoms with Crippen LogP contribution in [-0.4, -0.2) is 58.9 Å². The second-order valence-corrected chi connectivity index (χ2v) is 8.39. The molecule has 152 valence electrons. The maximum atomic E-state index is 13.2. The molecule has 0 radical (unpaired) electrons. The van der Waals surface area contributed by atoms with Crippen molar-refractivity contribution in [3.8, 4) is 5.75 Å². The number of nitrogens with zero attached hydrogens (tertiary/aromatic N) is 2. The minimum Gasteiger partial charge on any atom is -0.497 e. The average molecular weight is 393 g/mol. The molecule has 0 saturated carbocycles. The van der Waals surface area contributed by atoms with Gasteiger partial charge in [-0.3, -0.25) is 9.59 Å². The fraction of sp³-hybridized carbons (Fsp3) is 0.478. The van der Waals surface area contributed by atoms with Crippen LogP contribution in [0.2, 0.25) is 0 Å². The Balaban J connectivity index is 1.34. The number of aromatic nitrogens is 1. The molecule has 6 heteroatoms. The SMILES string of the molecule is COc1ccc2[nH]c(C(=O)N3CC[C@H]4[C@@H]3CC(=O)N4CC3=CCCCC3)cc2c1. The summed E-state index contributed by atoms with van der Waals surface area (Å²) in [4.78, 5) is 33.1. The van der Waals surface area contributed by atoms with Crippen LogP contribution in [0.15, 0.2) is 35.9 Å². The topological polar surface area (TPSA) is 65.6 Å². The van der Waals surface area contributed by atoms with Gasteiger partial charge in [-0.1, -0.05) is 11.6 Å². The number of carbonyl (C=O) groups excluding carboxylic acids is 2. The molecular weight excluding hydrogens is 366 g/mol. The number of methoxy groups -OCH3 is 1. The lowest BCUT2D eigenvalue weighted by Crippen LogP contribution is -2.40. The third kappa shape index (κ3) is 3.20. The molecule has 1 aromatic carbocycles. The zero-order valence-corrected chi connectivity index (χ0v) is 16.8. The number of rotatable bonds is 4. The first-order chi connectivity index (χ1) is 14.1. The van der Waals surface area contributed by atoms with Crippen molar-refractivity contribution in [3.63, 3.8) is 0 Å². The van der Waals surface area contributed by atoms with Crippen LogP contribution in [-0.2, 0) is 4.79 Å². The predicted molar refractivity (Wildman–Crippen MR) is 111 cm³/mol. The third-order valence-electron chi connectivity index (χ3n) is 6.69. The Labute approximate surface area is 170 Å². The molecule has 2 amide bonds. The highest BCUT2D eigenvalue weighted by molar-refractivity contribution is 5.99. The quantitative estimate of drug-likeness (QED) is 0.809. The number of aromatic amines is 1. The lowest BCUT2D eigenvalue weighted by molar-refractivity contribution is -0.128. The number of hydrogen-bond acceptors (Lipinski definition) is 3. The zero-order chi connectivity index (χ0) is 20.0. The Morgan fingerprint density at radius 3 is 2.93 bits per heavy atom. The Bertz CT molecular complexity index is 992. The van der Waals surface area contributed by atoms with Crippen molar-refractivity contribution in [3.05, 3.63) is 41.6 Å². The number of nitrogens with one attached hydrogen (secondary N) is 1. The molecule has 2 aliphatic heterocycles. The summed E-state index contributed by atoms with van der Waals surface area (Å²) < 4.78 is 5.28. The first-order valence-electron chi connectivity index (χ1n) is 10.6. The number of hydrogen-bond donors (Lipinski definition) is 1. The normalized spacial score (nSPS) is 24.2. The number of fused-ring (bicyclic) bond motifs is 2. The predicted octanol–water partition coefficient (Wildman–Crippen LogP) is 3.49. The first kappa shape index (κ1) is 18.3. The van der Waals surface area contributed by atoms with Crippen LogP contribution < -0.4 is 4.74 Å². The number of H-pyrrole nitrogens is 1.